The molecule has 1 amide bonds. The Morgan fingerprint density at radius 2 is 1.90 bits per heavy atom. The van der Waals surface area contributed by atoms with Crippen molar-refractivity contribution in [2.75, 3.05) is 27.3 Å². The molecule has 1 aliphatic heterocycles. The largest absolute Gasteiger partial charge is 0.493 e. The fraction of sp³-hybridized carbons (Fsp3) is 0.417. The van der Waals surface area contributed by atoms with Crippen LogP contribution in [0.4, 0.5) is 0 Å². The average molecular weight is 423 g/mol. The van der Waals surface area contributed by atoms with Crippen LogP contribution in [0.5, 0.6) is 11.5 Å². The summed E-state index contributed by atoms with van der Waals surface area (Å²) in [7, 11) is 3.22. The van der Waals surface area contributed by atoms with Crippen LogP contribution in [0.3, 0.4) is 0 Å². The number of para-hydroxylation sites is 2. The van der Waals surface area contributed by atoms with E-state index in [1.807, 2.05) is 43.3 Å². The smallest absolute Gasteiger partial charge is 0.237 e. The molecule has 1 aromatic heterocycles. The van der Waals surface area contributed by atoms with E-state index in [4.69, 9.17) is 14.5 Å². The number of imidazole rings is 1. The van der Waals surface area contributed by atoms with Gasteiger partial charge in [-0.05, 0) is 62.7 Å². The molecule has 2 N–H and O–H groups in total. The van der Waals surface area contributed by atoms with Crippen molar-refractivity contribution >= 4 is 16.9 Å². The van der Waals surface area contributed by atoms with E-state index in [2.05, 4.69) is 21.3 Å². The second-order valence-corrected chi connectivity index (χ2v) is 8.03. The Bertz CT molecular complexity index is 1010. The van der Waals surface area contributed by atoms with Gasteiger partial charge in [-0.1, -0.05) is 18.2 Å². The van der Waals surface area contributed by atoms with Crippen molar-refractivity contribution < 1.29 is 14.3 Å². The maximum Gasteiger partial charge on any atom is 0.237 e. The van der Waals surface area contributed by atoms with Gasteiger partial charge in [0.05, 0.1) is 31.3 Å². The number of carbonyl (C=O) groups excluding carboxylic acids is 1. The first-order chi connectivity index (χ1) is 15.1. The van der Waals surface area contributed by atoms with E-state index in [0.29, 0.717) is 24.0 Å². The van der Waals surface area contributed by atoms with Crippen molar-refractivity contribution in [2.45, 2.75) is 38.3 Å². The molecular weight excluding hydrogens is 392 g/mol. The van der Waals surface area contributed by atoms with Crippen LogP contribution >= 0.6 is 0 Å². The number of aromatic amines is 1. The van der Waals surface area contributed by atoms with E-state index >= 15 is 0 Å². The van der Waals surface area contributed by atoms with Gasteiger partial charge in [0.1, 0.15) is 5.82 Å². The Morgan fingerprint density at radius 1 is 1.16 bits per heavy atom. The first-order valence-electron chi connectivity index (χ1n) is 10.8. The number of H-pyrrole nitrogens is 1. The number of hydrogen-bond acceptors (Lipinski definition) is 5. The second-order valence-electron chi connectivity index (χ2n) is 8.03. The lowest BCUT2D eigenvalue weighted by atomic mass is 9.95. The third-order valence-corrected chi connectivity index (χ3v) is 6.17. The van der Waals surface area contributed by atoms with E-state index in [-0.39, 0.29) is 11.9 Å². The van der Waals surface area contributed by atoms with Crippen LogP contribution in [0.25, 0.3) is 11.0 Å². The molecule has 0 bridgehead atoms. The summed E-state index contributed by atoms with van der Waals surface area (Å²) < 4.78 is 10.6. The standard InChI is InChI=1S/C24H30N4O3/c1-16(24(29)25-15-17-8-9-21(30-2)22(14-17)31-3)28-12-10-18(11-13-28)23-26-19-6-4-5-7-20(19)27-23/h4-9,14,16,18H,10-13,15H2,1-3H3,(H,25,29)(H,26,27). The van der Waals surface area contributed by atoms with Gasteiger partial charge in [0.15, 0.2) is 11.5 Å². The fourth-order valence-electron chi connectivity index (χ4n) is 4.22. The van der Waals surface area contributed by atoms with Gasteiger partial charge < -0.3 is 19.8 Å². The maximum atomic E-state index is 12.7. The molecule has 3 aromatic rings. The number of rotatable bonds is 7. The Labute approximate surface area is 182 Å². The number of amides is 1. The van der Waals surface area contributed by atoms with Crippen LogP contribution in [0.1, 0.15) is 37.1 Å². The molecule has 0 spiro atoms. The molecule has 1 unspecified atom stereocenters. The van der Waals surface area contributed by atoms with Crippen LogP contribution in [-0.4, -0.2) is 54.1 Å². The highest BCUT2D eigenvalue weighted by molar-refractivity contribution is 5.81. The average Bonchev–Trinajstić information content (AvgIpc) is 3.26. The fourth-order valence-corrected chi connectivity index (χ4v) is 4.22. The van der Waals surface area contributed by atoms with Gasteiger partial charge in [-0.15, -0.1) is 0 Å². The summed E-state index contributed by atoms with van der Waals surface area (Å²) in [6.45, 7) is 4.20. The van der Waals surface area contributed by atoms with E-state index in [1.165, 1.54) is 0 Å². The summed E-state index contributed by atoms with van der Waals surface area (Å²) in [6, 6.07) is 13.6. The third-order valence-electron chi connectivity index (χ3n) is 6.17. The SMILES string of the molecule is COc1ccc(CNC(=O)C(C)N2CCC(c3nc4ccccc4[nH]3)CC2)cc1OC. The molecular formula is C24H30N4O3. The number of fused-ring (bicyclic) bond motifs is 1. The Morgan fingerprint density at radius 3 is 2.61 bits per heavy atom. The molecule has 1 fully saturated rings. The van der Waals surface area contributed by atoms with Crippen molar-refractivity contribution in [3.63, 3.8) is 0 Å². The van der Waals surface area contributed by atoms with Crippen molar-refractivity contribution in [3.8, 4) is 11.5 Å². The Hall–Kier alpha value is -3.06. The van der Waals surface area contributed by atoms with Crippen molar-refractivity contribution in [1.82, 2.24) is 20.2 Å². The van der Waals surface area contributed by atoms with Crippen LogP contribution < -0.4 is 14.8 Å². The predicted octanol–water partition coefficient (Wildman–Crippen LogP) is 3.46. The molecule has 1 saturated heterocycles. The zero-order chi connectivity index (χ0) is 21.8. The number of ether oxygens (including phenoxy) is 2. The lowest BCUT2D eigenvalue weighted by molar-refractivity contribution is -0.126. The van der Waals surface area contributed by atoms with E-state index in [9.17, 15) is 4.79 Å². The molecule has 7 heteroatoms. The summed E-state index contributed by atoms with van der Waals surface area (Å²) >= 11 is 0. The predicted molar refractivity (Wildman–Crippen MR) is 120 cm³/mol. The maximum absolute atomic E-state index is 12.7. The van der Waals surface area contributed by atoms with Gasteiger partial charge in [-0.25, -0.2) is 4.98 Å². The quantitative estimate of drug-likeness (QED) is 0.610. The second kappa shape index (κ2) is 9.39. The van der Waals surface area contributed by atoms with Crippen LogP contribution in [0.15, 0.2) is 42.5 Å². The molecule has 0 radical (unpaired) electrons. The molecule has 0 saturated carbocycles. The van der Waals surface area contributed by atoms with Gasteiger partial charge in [-0.2, -0.15) is 0 Å². The third kappa shape index (κ3) is 4.66. The molecule has 31 heavy (non-hydrogen) atoms. The number of nitrogens with zero attached hydrogens (tertiary/aromatic N) is 2. The number of aromatic nitrogens is 2. The summed E-state index contributed by atoms with van der Waals surface area (Å²) in [5.41, 5.74) is 3.08. The number of hydrogen-bond donors (Lipinski definition) is 2. The molecule has 1 atom stereocenters. The monoisotopic (exact) mass is 422 g/mol. The van der Waals surface area contributed by atoms with E-state index in [0.717, 1.165) is 48.4 Å². The van der Waals surface area contributed by atoms with Crippen molar-refractivity contribution in [1.29, 1.82) is 0 Å². The molecule has 4 rings (SSSR count). The summed E-state index contributed by atoms with van der Waals surface area (Å²) in [5.74, 6) is 2.85. The number of benzene rings is 2. The molecule has 2 heterocycles. The van der Waals surface area contributed by atoms with Crippen LogP contribution in [-0.2, 0) is 11.3 Å². The van der Waals surface area contributed by atoms with Crippen molar-refractivity contribution in [2.24, 2.45) is 0 Å². The lowest BCUT2D eigenvalue weighted by Crippen LogP contribution is -2.47. The highest BCUT2D eigenvalue weighted by Gasteiger charge is 2.28. The van der Waals surface area contributed by atoms with Crippen LogP contribution in [0.2, 0.25) is 0 Å². The summed E-state index contributed by atoms with van der Waals surface area (Å²) in [5, 5.41) is 3.05. The Balaban J connectivity index is 1.30. The van der Waals surface area contributed by atoms with E-state index in [1.54, 1.807) is 14.2 Å². The molecule has 1 aliphatic rings. The van der Waals surface area contributed by atoms with Gasteiger partial charge in [0.25, 0.3) is 0 Å². The lowest BCUT2D eigenvalue weighted by Gasteiger charge is -2.34. The number of piperidine rings is 1. The minimum absolute atomic E-state index is 0.0389. The molecule has 0 aliphatic carbocycles. The molecule has 2 aromatic carbocycles. The van der Waals surface area contributed by atoms with Gasteiger partial charge in [0, 0.05) is 12.5 Å². The first-order valence-corrected chi connectivity index (χ1v) is 10.8. The van der Waals surface area contributed by atoms with E-state index < -0.39 is 0 Å². The zero-order valence-corrected chi connectivity index (χ0v) is 18.4. The van der Waals surface area contributed by atoms with Gasteiger partial charge in [0.2, 0.25) is 5.91 Å². The Kier molecular flexibility index (Phi) is 6.42. The highest BCUT2D eigenvalue weighted by Crippen LogP contribution is 2.29. The molecule has 164 valence electrons. The number of methoxy groups -OCH3 is 2. The number of nitrogens with one attached hydrogen (secondary N) is 2. The van der Waals surface area contributed by atoms with Gasteiger partial charge >= 0.3 is 0 Å². The van der Waals surface area contributed by atoms with Crippen molar-refractivity contribution in [3.05, 3.63) is 53.9 Å². The van der Waals surface area contributed by atoms with Gasteiger partial charge in [-0.3, -0.25) is 9.69 Å². The number of carbonyl (C=O) groups is 1. The summed E-state index contributed by atoms with van der Waals surface area (Å²) in [6.07, 6.45) is 1.99. The van der Waals surface area contributed by atoms with Crippen LogP contribution in [0, 0.1) is 0 Å². The minimum Gasteiger partial charge on any atom is -0.493 e. The zero-order valence-electron chi connectivity index (χ0n) is 18.4. The highest BCUT2D eigenvalue weighted by atomic mass is 16.5. The normalized spacial score (nSPS) is 16.2. The summed E-state index contributed by atoms with van der Waals surface area (Å²) in [4.78, 5) is 23.2. The first kappa shape index (κ1) is 21.2. The molecule has 7 nitrogen and oxygen atoms in total. The number of likely N-dealkylation sites (tertiary alicyclic amines) is 1. The minimum atomic E-state index is -0.170. The topological polar surface area (TPSA) is 79.5 Å².